The lowest BCUT2D eigenvalue weighted by Gasteiger charge is -2.33. The molecule has 0 atom stereocenters. The predicted molar refractivity (Wildman–Crippen MR) is 115 cm³/mol. The molecule has 0 aromatic heterocycles. The van der Waals surface area contributed by atoms with Crippen LogP contribution in [0.3, 0.4) is 0 Å². The minimum Gasteiger partial charge on any atom is -0.497 e. The normalized spacial score (nSPS) is 17.0. The Balaban J connectivity index is 1.44. The molecule has 6 heteroatoms. The van der Waals surface area contributed by atoms with Crippen LogP contribution < -0.4 is 14.8 Å². The van der Waals surface area contributed by atoms with Crippen molar-refractivity contribution in [2.45, 2.75) is 51.1 Å². The summed E-state index contributed by atoms with van der Waals surface area (Å²) in [7, 11) is 1.62. The third kappa shape index (κ3) is 4.75. The summed E-state index contributed by atoms with van der Waals surface area (Å²) in [5.74, 6) is 1.44. The van der Waals surface area contributed by atoms with E-state index in [0.717, 1.165) is 35.5 Å². The lowest BCUT2D eigenvalue weighted by molar-refractivity contribution is -0.136. The number of hydrogen-bond donors (Lipinski definition) is 1. The summed E-state index contributed by atoms with van der Waals surface area (Å²) in [5.41, 5.74) is 2.57. The van der Waals surface area contributed by atoms with Crippen molar-refractivity contribution in [3.63, 3.8) is 0 Å². The fourth-order valence-corrected chi connectivity index (χ4v) is 4.28. The molecule has 2 amide bonds. The summed E-state index contributed by atoms with van der Waals surface area (Å²) in [4.78, 5) is 27.1. The minimum atomic E-state index is -0.0881. The summed E-state index contributed by atoms with van der Waals surface area (Å²) >= 11 is 0. The molecule has 0 spiro atoms. The maximum Gasteiger partial charge on any atom is 0.261 e. The van der Waals surface area contributed by atoms with E-state index in [-0.39, 0.29) is 30.9 Å². The van der Waals surface area contributed by atoms with Gasteiger partial charge < -0.3 is 19.7 Å². The van der Waals surface area contributed by atoms with E-state index in [4.69, 9.17) is 9.47 Å². The highest BCUT2D eigenvalue weighted by atomic mass is 16.5. The predicted octanol–water partition coefficient (Wildman–Crippen LogP) is 3.93. The molecule has 1 N–H and O–H groups in total. The molecular formula is C24H28N2O4. The fraction of sp³-hybridized carbons (Fsp3) is 0.417. The first-order valence-corrected chi connectivity index (χ1v) is 10.6. The Kier molecular flexibility index (Phi) is 6.21. The molecule has 6 nitrogen and oxygen atoms in total. The van der Waals surface area contributed by atoms with Crippen LogP contribution in [0.4, 0.5) is 5.69 Å². The van der Waals surface area contributed by atoms with E-state index in [2.05, 4.69) is 5.32 Å². The van der Waals surface area contributed by atoms with E-state index >= 15 is 0 Å². The van der Waals surface area contributed by atoms with E-state index in [9.17, 15) is 9.59 Å². The number of hydrogen-bond acceptors (Lipinski definition) is 4. The largest absolute Gasteiger partial charge is 0.497 e. The van der Waals surface area contributed by atoms with Gasteiger partial charge in [-0.15, -0.1) is 0 Å². The van der Waals surface area contributed by atoms with Gasteiger partial charge in [0, 0.05) is 23.8 Å². The van der Waals surface area contributed by atoms with Gasteiger partial charge in [0.05, 0.1) is 13.5 Å². The second-order valence-corrected chi connectivity index (χ2v) is 8.00. The highest BCUT2D eigenvalue weighted by molar-refractivity contribution is 5.92. The van der Waals surface area contributed by atoms with Gasteiger partial charge in [0.1, 0.15) is 11.5 Å². The van der Waals surface area contributed by atoms with Crippen molar-refractivity contribution in [2.75, 3.05) is 19.0 Å². The Hall–Kier alpha value is -3.02. The zero-order chi connectivity index (χ0) is 20.9. The Bertz CT molecular complexity index is 904. The van der Waals surface area contributed by atoms with Crippen molar-refractivity contribution < 1.29 is 19.1 Å². The van der Waals surface area contributed by atoms with Crippen molar-refractivity contribution >= 4 is 17.5 Å². The van der Waals surface area contributed by atoms with Gasteiger partial charge in [-0.05, 0) is 48.7 Å². The third-order valence-electron chi connectivity index (χ3n) is 5.90. The SMILES string of the molecule is COc1ccc(CC(=O)Nc2ccc3c(c2)CN(C2CCCCC2)C(=O)CO3)cc1. The van der Waals surface area contributed by atoms with Crippen molar-refractivity contribution in [3.8, 4) is 11.5 Å². The molecule has 1 saturated carbocycles. The van der Waals surface area contributed by atoms with Crippen molar-refractivity contribution in [3.05, 3.63) is 53.6 Å². The molecule has 30 heavy (non-hydrogen) atoms. The molecular weight excluding hydrogens is 380 g/mol. The molecule has 1 aliphatic heterocycles. The lowest BCUT2D eigenvalue weighted by Crippen LogP contribution is -2.42. The first-order chi connectivity index (χ1) is 14.6. The molecule has 1 fully saturated rings. The van der Waals surface area contributed by atoms with Gasteiger partial charge in [0.25, 0.3) is 5.91 Å². The number of nitrogens with one attached hydrogen (secondary N) is 1. The van der Waals surface area contributed by atoms with Gasteiger partial charge in [-0.3, -0.25) is 9.59 Å². The van der Waals surface area contributed by atoms with Gasteiger partial charge in [-0.1, -0.05) is 31.4 Å². The number of benzene rings is 2. The lowest BCUT2D eigenvalue weighted by atomic mass is 9.93. The highest BCUT2D eigenvalue weighted by Crippen LogP contribution is 2.31. The number of amides is 2. The van der Waals surface area contributed by atoms with Crippen LogP contribution in [0.15, 0.2) is 42.5 Å². The zero-order valence-corrected chi connectivity index (χ0v) is 17.4. The van der Waals surface area contributed by atoms with Crippen LogP contribution in [-0.4, -0.2) is 36.5 Å². The Labute approximate surface area is 177 Å². The van der Waals surface area contributed by atoms with Crippen molar-refractivity contribution in [2.24, 2.45) is 0 Å². The molecule has 2 aliphatic rings. The van der Waals surface area contributed by atoms with Gasteiger partial charge in [-0.2, -0.15) is 0 Å². The van der Waals surface area contributed by atoms with E-state index in [1.54, 1.807) is 7.11 Å². The number of nitrogens with zero attached hydrogens (tertiary/aromatic N) is 1. The van der Waals surface area contributed by atoms with Gasteiger partial charge in [0.15, 0.2) is 6.61 Å². The van der Waals surface area contributed by atoms with Crippen LogP contribution in [0.1, 0.15) is 43.2 Å². The van der Waals surface area contributed by atoms with Gasteiger partial charge >= 0.3 is 0 Å². The maximum atomic E-state index is 12.6. The van der Waals surface area contributed by atoms with E-state index in [1.165, 1.54) is 19.3 Å². The van der Waals surface area contributed by atoms with E-state index in [0.29, 0.717) is 12.2 Å². The summed E-state index contributed by atoms with van der Waals surface area (Å²) in [5, 5.41) is 2.97. The first kappa shape index (κ1) is 20.3. The van der Waals surface area contributed by atoms with Crippen LogP contribution >= 0.6 is 0 Å². The van der Waals surface area contributed by atoms with Crippen molar-refractivity contribution in [1.82, 2.24) is 4.90 Å². The van der Waals surface area contributed by atoms with E-state index in [1.807, 2.05) is 47.4 Å². The van der Waals surface area contributed by atoms with Gasteiger partial charge in [-0.25, -0.2) is 0 Å². The maximum absolute atomic E-state index is 12.6. The third-order valence-corrected chi connectivity index (χ3v) is 5.90. The molecule has 0 unspecified atom stereocenters. The van der Waals surface area contributed by atoms with E-state index < -0.39 is 0 Å². The molecule has 2 aromatic rings. The fourth-order valence-electron chi connectivity index (χ4n) is 4.28. The Morgan fingerprint density at radius 1 is 1.13 bits per heavy atom. The standard InChI is InChI=1S/C24H28N2O4/c1-29-21-10-7-17(8-11-21)13-23(27)25-19-9-12-22-18(14-19)15-26(24(28)16-30-22)20-5-3-2-4-6-20/h7-12,14,20H,2-6,13,15-16H2,1H3,(H,25,27). The topological polar surface area (TPSA) is 67.9 Å². The molecule has 0 saturated heterocycles. The number of rotatable bonds is 5. The number of carbonyl (C=O) groups is 2. The number of carbonyl (C=O) groups excluding carboxylic acids is 2. The summed E-state index contributed by atoms with van der Waals surface area (Å²) in [6.45, 7) is 0.605. The first-order valence-electron chi connectivity index (χ1n) is 10.6. The van der Waals surface area contributed by atoms with Crippen molar-refractivity contribution in [1.29, 1.82) is 0 Å². The average molecular weight is 408 g/mol. The quantitative estimate of drug-likeness (QED) is 0.814. The monoisotopic (exact) mass is 408 g/mol. The second kappa shape index (κ2) is 9.20. The van der Waals surface area contributed by atoms with Crippen LogP contribution in [0.2, 0.25) is 0 Å². The second-order valence-electron chi connectivity index (χ2n) is 8.00. The Morgan fingerprint density at radius 2 is 1.90 bits per heavy atom. The summed E-state index contributed by atoms with van der Waals surface area (Å²) in [6.07, 6.45) is 5.98. The summed E-state index contributed by atoms with van der Waals surface area (Å²) in [6, 6.07) is 13.3. The molecule has 158 valence electrons. The van der Waals surface area contributed by atoms with Crippen LogP contribution in [-0.2, 0) is 22.6 Å². The van der Waals surface area contributed by atoms with Crippen LogP contribution in [0.25, 0.3) is 0 Å². The molecule has 1 aliphatic carbocycles. The van der Waals surface area contributed by atoms with Gasteiger partial charge in [0.2, 0.25) is 5.91 Å². The number of anilines is 1. The molecule has 2 aromatic carbocycles. The van der Waals surface area contributed by atoms with Crippen LogP contribution in [0, 0.1) is 0 Å². The number of fused-ring (bicyclic) bond motifs is 1. The number of methoxy groups -OCH3 is 1. The number of ether oxygens (including phenoxy) is 2. The zero-order valence-electron chi connectivity index (χ0n) is 17.4. The molecule has 1 heterocycles. The smallest absolute Gasteiger partial charge is 0.261 e. The Morgan fingerprint density at radius 3 is 2.63 bits per heavy atom. The molecule has 4 rings (SSSR count). The average Bonchev–Trinajstić information content (AvgIpc) is 2.93. The minimum absolute atomic E-state index is 0.0446. The molecule has 0 radical (unpaired) electrons. The summed E-state index contributed by atoms with van der Waals surface area (Å²) < 4.78 is 10.9. The van der Waals surface area contributed by atoms with Crippen LogP contribution in [0.5, 0.6) is 11.5 Å². The highest BCUT2D eigenvalue weighted by Gasteiger charge is 2.29. The molecule has 0 bridgehead atoms.